The maximum absolute atomic E-state index is 12.1. The summed E-state index contributed by atoms with van der Waals surface area (Å²) in [5.41, 5.74) is 1.11. The molecule has 1 fully saturated rings. The van der Waals surface area contributed by atoms with Gasteiger partial charge in [-0.15, -0.1) is 0 Å². The molecule has 0 heterocycles. The Bertz CT molecular complexity index is 540. The Balaban J connectivity index is 1.90. The number of amides is 2. The normalized spacial score (nSPS) is 16.7. The Hall–Kier alpha value is -1.88. The van der Waals surface area contributed by atoms with Gasteiger partial charge in [0.25, 0.3) is 5.91 Å². The first kappa shape index (κ1) is 16.5. The molecular weight excluding hydrogens is 280 g/mol. The van der Waals surface area contributed by atoms with Gasteiger partial charge in [0.1, 0.15) is 0 Å². The molecule has 2 amide bonds. The van der Waals surface area contributed by atoms with Crippen LogP contribution in [0.1, 0.15) is 43.5 Å². The van der Waals surface area contributed by atoms with Gasteiger partial charge in [-0.3, -0.25) is 9.59 Å². The topological polar surface area (TPSA) is 78.4 Å². The van der Waals surface area contributed by atoms with Crippen molar-refractivity contribution in [1.29, 1.82) is 0 Å². The van der Waals surface area contributed by atoms with Crippen molar-refractivity contribution in [2.24, 2.45) is 11.8 Å². The van der Waals surface area contributed by atoms with Gasteiger partial charge in [0.05, 0.1) is 6.10 Å². The minimum Gasteiger partial charge on any atom is -0.391 e. The molecule has 5 heteroatoms. The van der Waals surface area contributed by atoms with Crippen LogP contribution in [-0.2, 0) is 4.79 Å². The van der Waals surface area contributed by atoms with E-state index in [-0.39, 0.29) is 30.2 Å². The molecule has 1 aliphatic carbocycles. The minimum absolute atomic E-state index is 0.0183. The molecule has 1 aliphatic rings. The second-order valence-corrected chi connectivity index (χ2v) is 6.01. The fourth-order valence-corrected chi connectivity index (χ4v) is 2.10. The second-order valence-electron chi connectivity index (χ2n) is 6.01. The zero-order valence-electron chi connectivity index (χ0n) is 13.1. The zero-order chi connectivity index (χ0) is 16.1. The zero-order valence-corrected chi connectivity index (χ0v) is 13.1. The molecule has 3 N–H and O–H groups in total. The molecule has 0 saturated heterocycles. The number of anilines is 1. The Kier molecular flexibility index (Phi) is 5.55. The summed E-state index contributed by atoms with van der Waals surface area (Å²) in [5.74, 6) is 0.0438. The predicted octanol–water partition coefficient (Wildman–Crippen LogP) is 2.17. The van der Waals surface area contributed by atoms with E-state index in [4.69, 9.17) is 0 Å². The standard InChI is InChI=1S/C17H24N2O3/c1-3-11(2)15(20)10-18-16(21)13-5-4-6-14(9-13)19-17(22)12-7-8-12/h4-6,9,11-12,15,20H,3,7-8,10H2,1-2H3,(H,18,21)(H,19,22). The summed E-state index contributed by atoms with van der Waals surface area (Å²) < 4.78 is 0. The van der Waals surface area contributed by atoms with Crippen LogP contribution in [0.5, 0.6) is 0 Å². The largest absolute Gasteiger partial charge is 0.391 e. The van der Waals surface area contributed by atoms with Crippen LogP contribution in [0.4, 0.5) is 5.69 Å². The highest BCUT2D eigenvalue weighted by atomic mass is 16.3. The molecule has 22 heavy (non-hydrogen) atoms. The van der Waals surface area contributed by atoms with Crippen LogP contribution in [0, 0.1) is 11.8 Å². The number of hydrogen-bond donors (Lipinski definition) is 3. The van der Waals surface area contributed by atoms with E-state index in [0.29, 0.717) is 11.3 Å². The molecule has 1 aromatic carbocycles. The van der Waals surface area contributed by atoms with Gasteiger partial charge in [0.2, 0.25) is 5.91 Å². The van der Waals surface area contributed by atoms with Crippen LogP contribution < -0.4 is 10.6 Å². The van der Waals surface area contributed by atoms with E-state index in [1.807, 2.05) is 13.8 Å². The number of carbonyl (C=O) groups is 2. The summed E-state index contributed by atoms with van der Waals surface area (Å²) >= 11 is 0. The summed E-state index contributed by atoms with van der Waals surface area (Å²) in [6.07, 6.45) is 2.20. The van der Waals surface area contributed by atoms with Gasteiger partial charge in [-0.25, -0.2) is 0 Å². The van der Waals surface area contributed by atoms with Crippen LogP contribution in [0.15, 0.2) is 24.3 Å². The summed E-state index contributed by atoms with van der Waals surface area (Å²) in [7, 11) is 0. The lowest BCUT2D eigenvalue weighted by Gasteiger charge is -2.17. The first-order chi connectivity index (χ1) is 10.5. The maximum Gasteiger partial charge on any atom is 0.251 e. The van der Waals surface area contributed by atoms with Crippen molar-refractivity contribution in [1.82, 2.24) is 5.32 Å². The number of aliphatic hydroxyl groups is 1. The third-order valence-corrected chi connectivity index (χ3v) is 4.11. The van der Waals surface area contributed by atoms with Crippen LogP contribution in [-0.4, -0.2) is 29.6 Å². The Morgan fingerprint density at radius 3 is 2.73 bits per heavy atom. The molecule has 0 radical (unpaired) electrons. The first-order valence-corrected chi connectivity index (χ1v) is 7.88. The van der Waals surface area contributed by atoms with Crippen LogP contribution >= 0.6 is 0 Å². The highest BCUT2D eigenvalue weighted by molar-refractivity contribution is 5.98. The lowest BCUT2D eigenvalue weighted by atomic mass is 10.0. The van der Waals surface area contributed by atoms with Gasteiger partial charge in [-0.1, -0.05) is 26.3 Å². The number of rotatable bonds is 7. The Morgan fingerprint density at radius 2 is 2.09 bits per heavy atom. The van der Waals surface area contributed by atoms with Crippen molar-refractivity contribution < 1.29 is 14.7 Å². The van der Waals surface area contributed by atoms with Crippen LogP contribution in [0.2, 0.25) is 0 Å². The summed E-state index contributed by atoms with van der Waals surface area (Å²) in [6, 6.07) is 6.86. The number of aliphatic hydroxyl groups excluding tert-OH is 1. The molecule has 5 nitrogen and oxygen atoms in total. The lowest BCUT2D eigenvalue weighted by Crippen LogP contribution is -2.35. The molecule has 2 unspecified atom stereocenters. The van der Waals surface area contributed by atoms with Crippen molar-refractivity contribution >= 4 is 17.5 Å². The molecule has 2 rings (SSSR count). The first-order valence-electron chi connectivity index (χ1n) is 7.88. The molecular formula is C17H24N2O3. The van der Waals surface area contributed by atoms with Crippen LogP contribution in [0.3, 0.4) is 0 Å². The Morgan fingerprint density at radius 1 is 1.36 bits per heavy atom. The van der Waals surface area contributed by atoms with E-state index in [9.17, 15) is 14.7 Å². The van der Waals surface area contributed by atoms with Crippen LogP contribution in [0.25, 0.3) is 0 Å². The molecule has 2 atom stereocenters. The quantitative estimate of drug-likeness (QED) is 0.722. The van der Waals surface area contributed by atoms with Crippen molar-refractivity contribution in [2.75, 3.05) is 11.9 Å². The Labute approximate surface area is 131 Å². The summed E-state index contributed by atoms with van der Waals surface area (Å²) in [6.45, 7) is 4.18. The molecule has 1 aromatic rings. The highest BCUT2D eigenvalue weighted by Gasteiger charge is 2.29. The van der Waals surface area contributed by atoms with Gasteiger partial charge in [-0.2, -0.15) is 0 Å². The highest BCUT2D eigenvalue weighted by Crippen LogP contribution is 2.30. The van der Waals surface area contributed by atoms with Crippen molar-refractivity contribution in [3.8, 4) is 0 Å². The van der Waals surface area contributed by atoms with E-state index in [1.165, 1.54) is 0 Å². The summed E-state index contributed by atoms with van der Waals surface area (Å²) in [5, 5.41) is 15.4. The second kappa shape index (κ2) is 7.40. The third kappa shape index (κ3) is 4.56. The van der Waals surface area contributed by atoms with Crippen molar-refractivity contribution in [3.63, 3.8) is 0 Å². The van der Waals surface area contributed by atoms with Gasteiger partial charge in [-0.05, 0) is 37.0 Å². The SMILES string of the molecule is CCC(C)C(O)CNC(=O)c1cccc(NC(=O)C2CC2)c1. The van der Waals surface area contributed by atoms with E-state index in [1.54, 1.807) is 24.3 Å². The molecule has 1 saturated carbocycles. The smallest absolute Gasteiger partial charge is 0.251 e. The van der Waals surface area contributed by atoms with Gasteiger partial charge < -0.3 is 15.7 Å². The van der Waals surface area contributed by atoms with Gasteiger partial charge in [0.15, 0.2) is 0 Å². The fraction of sp³-hybridized carbons (Fsp3) is 0.529. The van der Waals surface area contributed by atoms with Gasteiger partial charge in [0, 0.05) is 23.7 Å². The van der Waals surface area contributed by atoms with Crippen molar-refractivity contribution in [2.45, 2.75) is 39.2 Å². The number of hydrogen-bond acceptors (Lipinski definition) is 3. The molecule has 0 bridgehead atoms. The maximum atomic E-state index is 12.1. The average Bonchev–Trinajstić information content (AvgIpc) is 3.36. The van der Waals surface area contributed by atoms with Gasteiger partial charge >= 0.3 is 0 Å². The molecule has 120 valence electrons. The molecule has 0 aliphatic heterocycles. The van der Waals surface area contributed by atoms with E-state index >= 15 is 0 Å². The number of nitrogens with one attached hydrogen (secondary N) is 2. The van der Waals surface area contributed by atoms with E-state index in [0.717, 1.165) is 19.3 Å². The monoisotopic (exact) mass is 304 g/mol. The predicted molar refractivity (Wildman–Crippen MR) is 85.6 cm³/mol. The number of benzene rings is 1. The fourth-order valence-electron chi connectivity index (χ4n) is 2.10. The lowest BCUT2D eigenvalue weighted by molar-refractivity contribution is -0.117. The number of carbonyl (C=O) groups excluding carboxylic acids is 2. The van der Waals surface area contributed by atoms with Crippen molar-refractivity contribution in [3.05, 3.63) is 29.8 Å². The third-order valence-electron chi connectivity index (χ3n) is 4.11. The molecule has 0 spiro atoms. The van der Waals surface area contributed by atoms with E-state index < -0.39 is 6.10 Å². The van der Waals surface area contributed by atoms with E-state index in [2.05, 4.69) is 10.6 Å². The average molecular weight is 304 g/mol. The minimum atomic E-state index is -0.549. The molecule has 0 aromatic heterocycles. The summed E-state index contributed by atoms with van der Waals surface area (Å²) in [4.78, 5) is 23.8.